The molecule has 2 heterocycles. The number of pyridine rings is 1. The Hall–Kier alpha value is -1.87. The third-order valence-corrected chi connectivity index (χ3v) is 2.52. The average Bonchev–Trinajstić information content (AvgIpc) is 2.77. The number of nitrogens with zero attached hydrogens (tertiary/aromatic N) is 4. The fourth-order valence-electron chi connectivity index (χ4n) is 1.28. The molecule has 0 aliphatic carbocycles. The van der Waals surface area contributed by atoms with E-state index in [0.717, 1.165) is 11.0 Å². The first-order valence-electron chi connectivity index (χ1n) is 4.99. The van der Waals surface area contributed by atoms with Crippen LogP contribution in [-0.2, 0) is 6.54 Å². The quantitative estimate of drug-likeness (QED) is 0.872. The molecule has 2 rings (SSSR count). The molecule has 17 heavy (non-hydrogen) atoms. The van der Waals surface area contributed by atoms with Crippen LogP contribution in [0, 0.1) is 11.3 Å². The largest absolute Gasteiger partial charge is 0.451 e. The summed E-state index contributed by atoms with van der Waals surface area (Å²) >= 11 is 3.28. The fraction of sp³-hybridized carbons (Fsp3) is 0.182. The number of aryl methyl sites for hydroxylation is 1. The van der Waals surface area contributed by atoms with Gasteiger partial charge in [0.2, 0.25) is 0 Å². The molecule has 0 N–H and O–H groups in total. The zero-order valence-electron chi connectivity index (χ0n) is 9.09. The second-order valence-electron chi connectivity index (χ2n) is 3.25. The molecule has 0 aliphatic heterocycles. The highest BCUT2D eigenvalue weighted by atomic mass is 79.9. The topological polar surface area (TPSA) is 63.7 Å². The molecule has 0 aromatic carbocycles. The number of rotatable bonds is 3. The molecular formula is C11H9BrN4O. The Bertz CT molecular complexity index is 573. The highest BCUT2D eigenvalue weighted by Gasteiger charge is 2.08. The van der Waals surface area contributed by atoms with Crippen LogP contribution < -0.4 is 4.74 Å². The van der Waals surface area contributed by atoms with E-state index in [2.05, 4.69) is 26.0 Å². The van der Waals surface area contributed by atoms with E-state index >= 15 is 0 Å². The van der Waals surface area contributed by atoms with Crippen LogP contribution in [0.2, 0.25) is 0 Å². The summed E-state index contributed by atoms with van der Waals surface area (Å²) in [4.78, 5) is 3.96. The molecule has 0 spiro atoms. The summed E-state index contributed by atoms with van der Waals surface area (Å²) in [6, 6.07) is 3.68. The Morgan fingerprint density at radius 2 is 2.35 bits per heavy atom. The van der Waals surface area contributed by atoms with Crippen LogP contribution in [0.3, 0.4) is 0 Å². The maximum Gasteiger partial charge on any atom is 0.183 e. The Morgan fingerprint density at radius 1 is 1.53 bits per heavy atom. The standard InChI is InChI=1S/C11H9BrN4O/c1-2-16-7-9(6-15-16)17-11-3-8(12)5-14-10(11)4-13/h3,5-7H,2H2,1H3. The number of ether oxygens (including phenoxy) is 1. The molecule has 0 saturated carbocycles. The smallest absolute Gasteiger partial charge is 0.183 e. The van der Waals surface area contributed by atoms with Gasteiger partial charge in [0.1, 0.15) is 6.07 Å². The van der Waals surface area contributed by atoms with E-state index in [1.807, 2.05) is 13.0 Å². The van der Waals surface area contributed by atoms with Gasteiger partial charge in [-0.15, -0.1) is 0 Å². The summed E-state index contributed by atoms with van der Waals surface area (Å²) in [6.07, 6.45) is 4.93. The lowest BCUT2D eigenvalue weighted by molar-refractivity contribution is 0.476. The summed E-state index contributed by atoms with van der Waals surface area (Å²) in [5.74, 6) is 1.00. The molecule has 86 valence electrons. The summed E-state index contributed by atoms with van der Waals surface area (Å²) < 4.78 is 8.07. The average molecular weight is 293 g/mol. The Balaban J connectivity index is 2.29. The Kier molecular flexibility index (Phi) is 3.40. The van der Waals surface area contributed by atoms with Gasteiger partial charge in [-0.1, -0.05) is 0 Å². The number of hydrogen-bond donors (Lipinski definition) is 0. The SMILES string of the molecule is CCn1cc(Oc2cc(Br)cnc2C#N)cn1. The van der Waals surface area contributed by atoms with E-state index in [4.69, 9.17) is 10.00 Å². The monoisotopic (exact) mass is 292 g/mol. The molecule has 0 fully saturated rings. The van der Waals surface area contributed by atoms with Crippen LogP contribution in [0.15, 0.2) is 29.1 Å². The van der Waals surface area contributed by atoms with Gasteiger partial charge in [-0.3, -0.25) is 4.68 Å². The van der Waals surface area contributed by atoms with Crippen LogP contribution >= 0.6 is 15.9 Å². The zero-order chi connectivity index (χ0) is 12.3. The fourth-order valence-corrected chi connectivity index (χ4v) is 1.59. The van der Waals surface area contributed by atoms with Gasteiger partial charge >= 0.3 is 0 Å². The summed E-state index contributed by atoms with van der Waals surface area (Å²) in [7, 11) is 0. The predicted molar refractivity (Wildman–Crippen MR) is 64.6 cm³/mol. The molecule has 0 radical (unpaired) electrons. The number of hydrogen-bond acceptors (Lipinski definition) is 4. The third-order valence-electron chi connectivity index (χ3n) is 2.09. The van der Waals surface area contributed by atoms with E-state index in [0.29, 0.717) is 11.5 Å². The van der Waals surface area contributed by atoms with E-state index in [1.54, 1.807) is 29.3 Å². The minimum absolute atomic E-state index is 0.248. The molecule has 2 aromatic heterocycles. The van der Waals surface area contributed by atoms with Gasteiger partial charge in [0, 0.05) is 17.2 Å². The summed E-state index contributed by atoms with van der Waals surface area (Å²) in [5, 5.41) is 13.0. The van der Waals surface area contributed by atoms with Gasteiger partial charge < -0.3 is 4.74 Å². The van der Waals surface area contributed by atoms with Crippen LogP contribution in [0.25, 0.3) is 0 Å². The van der Waals surface area contributed by atoms with Crippen molar-refractivity contribution in [3.8, 4) is 17.6 Å². The third kappa shape index (κ3) is 2.63. The number of aromatic nitrogens is 3. The first kappa shape index (κ1) is 11.6. The Morgan fingerprint density at radius 3 is 3.00 bits per heavy atom. The van der Waals surface area contributed by atoms with Crippen molar-refractivity contribution in [2.75, 3.05) is 0 Å². The molecule has 0 unspecified atom stereocenters. The van der Waals surface area contributed by atoms with Crippen molar-refractivity contribution in [1.82, 2.24) is 14.8 Å². The lowest BCUT2D eigenvalue weighted by Gasteiger charge is -2.04. The number of halogens is 1. The van der Waals surface area contributed by atoms with Crippen molar-refractivity contribution in [3.63, 3.8) is 0 Å². The summed E-state index contributed by atoms with van der Waals surface area (Å²) in [5.41, 5.74) is 0.248. The van der Waals surface area contributed by atoms with Gasteiger partial charge in [-0.25, -0.2) is 4.98 Å². The van der Waals surface area contributed by atoms with Crippen LogP contribution in [0.4, 0.5) is 0 Å². The van der Waals surface area contributed by atoms with Gasteiger partial charge in [0.05, 0.1) is 12.4 Å². The molecular weight excluding hydrogens is 284 g/mol. The molecule has 2 aromatic rings. The van der Waals surface area contributed by atoms with E-state index in [9.17, 15) is 0 Å². The molecule has 0 amide bonds. The highest BCUT2D eigenvalue weighted by Crippen LogP contribution is 2.26. The van der Waals surface area contributed by atoms with Crippen molar-refractivity contribution in [1.29, 1.82) is 5.26 Å². The van der Waals surface area contributed by atoms with Gasteiger partial charge in [0.15, 0.2) is 17.2 Å². The first-order chi connectivity index (χ1) is 8.22. The number of nitriles is 1. The lowest BCUT2D eigenvalue weighted by Crippen LogP contribution is -1.93. The highest BCUT2D eigenvalue weighted by molar-refractivity contribution is 9.10. The second-order valence-corrected chi connectivity index (χ2v) is 4.16. The molecule has 0 aliphatic rings. The van der Waals surface area contributed by atoms with Gasteiger partial charge in [-0.05, 0) is 28.9 Å². The summed E-state index contributed by atoms with van der Waals surface area (Å²) in [6.45, 7) is 2.75. The maximum absolute atomic E-state index is 8.91. The van der Waals surface area contributed by atoms with E-state index < -0.39 is 0 Å². The normalized spacial score (nSPS) is 9.94. The van der Waals surface area contributed by atoms with Gasteiger partial charge in [0.25, 0.3) is 0 Å². The Labute approximate surface area is 107 Å². The second kappa shape index (κ2) is 4.97. The molecule has 0 atom stereocenters. The van der Waals surface area contributed by atoms with Crippen molar-refractivity contribution >= 4 is 15.9 Å². The molecule has 0 saturated heterocycles. The van der Waals surface area contributed by atoms with Crippen molar-refractivity contribution in [2.45, 2.75) is 13.5 Å². The minimum Gasteiger partial charge on any atom is -0.451 e. The van der Waals surface area contributed by atoms with E-state index in [1.165, 1.54) is 0 Å². The molecule has 5 nitrogen and oxygen atoms in total. The zero-order valence-corrected chi connectivity index (χ0v) is 10.7. The predicted octanol–water partition coefficient (Wildman–Crippen LogP) is 2.72. The maximum atomic E-state index is 8.91. The molecule has 6 heteroatoms. The molecule has 0 bridgehead atoms. The minimum atomic E-state index is 0.248. The van der Waals surface area contributed by atoms with Crippen LogP contribution in [0.1, 0.15) is 12.6 Å². The van der Waals surface area contributed by atoms with Crippen LogP contribution in [0.5, 0.6) is 11.5 Å². The van der Waals surface area contributed by atoms with Crippen LogP contribution in [-0.4, -0.2) is 14.8 Å². The van der Waals surface area contributed by atoms with E-state index in [-0.39, 0.29) is 5.69 Å². The van der Waals surface area contributed by atoms with Crippen molar-refractivity contribution in [3.05, 3.63) is 34.8 Å². The first-order valence-corrected chi connectivity index (χ1v) is 5.78. The van der Waals surface area contributed by atoms with Crippen molar-refractivity contribution < 1.29 is 4.74 Å². The van der Waals surface area contributed by atoms with Gasteiger partial charge in [-0.2, -0.15) is 10.4 Å². The lowest BCUT2D eigenvalue weighted by atomic mass is 10.3. The van der Waals surface area contributed by atoms with Crippen molar-refractivity contribution in [2.24, 2.45) is 0 Å².